The molecule has 98 valence electrons. The van der Waals surface area contributed by atoms with Crippen molar-refractivity contribution in [3.63, 3.8) is 0 Å². The van der Waals surface area contributed by atoms with Gasteiger partial charge in [0.1, 0.15) is 10.8 Å². The van der Waals surface area contributed by atoms with Gasteiger partial charge in [0.2, 0.25) is 0 Å². The fourth-order valence-corrected chi connectivity index (χ4v) is 3.48. The van der Waals surface area contributed by atoms with Gasteiger partial charge in [-0.25, -0.2) is 4.98 Å². The fourth-order valence-electron chi connectivity index (χ4n) is 2.68. The van der Waals surface area contributed by atoms with Gasteiger partial charge in [0.05, 0.1) is 6.42 Å². The minimum atomic E-state index is 0.257. The molecule has 1 aliphatic rings. The van der Waals surface area contributed by atoms with Gasteiger partial charge in [-0.3, -0.25) is 4.79 Å². The van der Waals surface area contributed by atoms with Gasteiger partial charge in [-0.15, -0.1) is 11.3 Å². The average Bonchev–Trinajstić information content (AvgIpc) is 2.97. The predicted octanol–water partition coefficient (Wildman–Crippen LogP) is 3.29. The number of thiazole rings is 1. The molecule has 0 radical (unpaired) electrons. The van der Waals surface area contributed by atoms with Gasteiger partial charge in [0, 0.05) is 17.5 Å². The van der Waals surface area contributed by atoms with Crippen LogP contribution in [-0.4, -0.2) is 10.8 Å². The molecule has 0 saturated carbocycles. The lowest BCUT2D eigenvalue weighted by atomic mass is 10.0. The summed E-state index contributed by atoms with van der Waals surface area (Å²) in [6.07, 6.45) is 4.62. The highest BCUT2D eigenvalue weighted by molar-refractivity contribution is 7.09. The lowest BCUT2D eigenvalue weighted by Gasteiger charge is -2.04. The summed E-state index contributed by atoms with van der Waals surface area (Å²) in [7, 11) is 0. The fraction of sp³-hybridized carbons (Fsp3) is 0.375. The molecule has 2 aromatic rings. The smallest absolute Gasteiger partial charge is 0.144 e. The summed E-state index contributed by atoms with van der Waals surface area (Å²) in [4.78, 5) is 16.4. The first kappa shape index (κ1) is 12.5. The molecule has 0 spiro atoms. The molecule has 0 atom stereocenters. The summed E-state index contributed by atoms with van der Waals surface area (Å²) in [6.45, 7) is 1.96. The van der Waals surface area contributed by atoms with Gasteiger partial charge in [0.15, 0.2) is 0 Å². The van der Waals surface area contributed by atoms with Gasteiger partial charge in [-0.1, -0.05) is 18.2 Å². The number of carbonyl (C=O) groups is 1. The van der Waals surface area contributed by atoms with E-state index in [1.807, 2.05) is 12.3 Å². The SMILES string of the molecule is Cc1csc(CC(=O)Cc2ccc3c(c2)CCC3)n1. The molecule has 0 bridgehead atoms. The Kier molecular flexibility index (Phi) is 3.47. The summed E-state index contributed by atoms with van der Waals surface area (Å²) < 4.78 is 0. The summed E-state index contributed by atoms with van der Waals surface area (Å²) in [5, 5.41) is 2.93. The van der Waals surface area contributed by atoms with E-state index in [0.29, 0.717) is 12.8 Å². The number of carbonyl (C=O) groups excluding carboxylic acids is 1. The Labute approximate surface area is 117 Å². The lowest BCUT2D eigenvalue weighted by molar-refractivity contribution is -0.117. The Morgan fingerprint density at radius 3 is 2.89 bits per heavy atom. The van der Waals surface area contributed by atoms with Crippen LogP contribution in [0.25, 0.3) is 0 Å². The van der Waals surface area contributed by atoms with Crippen LogP contribution in [0.1, 0.15) is 33.8 Å². The normalized spacial score (nSPS) is 13.5. The van der Waals surface area contributed by atoms with Crippen LogP contribution in [0.5, 0.6) is 0 Å². The maximum absolute atomic E-state index is 12.1. The van der Waals surface area contributed by atoms with Crippen LogP contribution in [-0.2, 0) is 30.5 Å². The first-order valence-electron chi connectivity index (χ1n) is 6.74. The van der Waals surface area contributed by atoms with Crippen LogP contribution in [0.4, 0.5) is 0 Å². The third-order valence-corrected chi connectivity index (χ3v) is 4.55. The van der Waals surface area contributed by atoms with Crippen molar-refractivity contribution in [1.29, 1.82) is 0 Å². The standard InChI is InChI=1S/C16H17NOS/c1-11-10-19-16(17-11)9-15(18)8-12-5-6-13-3-2-4-14(13)7-12/h5-7,10H,2-4,8-9H2,1H3. The number of ketones is 1. The van der Waals surface area contributed by atoms with Crippen molar-refractivity contribution in [2.24, 2.45) is 0 Å². The van der Waals surface area contributed by atoms with Crippen molar-refractivity contribution in [2.45, 2.75) is 39.0 Å². The summed E-state index contributed by atoms with van der Waals surface area (Å²) in [5.41, 5.74) is 5.06. The number of aryl methyl sites for hydroxylation is 3. The monoisotopic (exact) mass is 271 g/mol. The number of benzene rings is 1. The Bertz CT molecular complexity index is 615. The van der Waals surface area contributed by atoms with E-state index in [-0.39, 0.29) is 5.78 Å². The van der Waals surface area contributed by atoms with E-state index >= 15 is 0 Å². The molecule has 3 heteroatoms. The van der Waals surface area contributed by atoms with E-state index < -0.39 is 0 Å². The molecular formula is C16H17NOS. The highest BCUT2D eigenvalue weighted by Gasteiger charge is 2.13. The van der Waals surface area contributed by atoms with Crippen molar-refractivity contribution in [3.8, 4) is 0 Å². The van der Waals surface area contributed by atoms with Crippen LogP contribution in [0.2, 0.25) is 0 Å². The van der Waals surface area contributed by atoms with E-state index in [4.69, 9.17) is 0 Å². The van der Waals surface area contributed by atoms with Gasteiger partial charge >= 0.3 is 0 Å². The van der Waals surface area contributed by atoms with Gasteiger partial charge in [0.25, 0.3) is 0 Å². The number of fused-ring (bicyclic) bond motifs is 1. The van der Waals surface area contributed by atoms with Gasteiger partial charge < -0.3 is 0 Å². The van der Waals surface area contributed by atoms with Gasteiger partial charge in [-0.05, 0) is 42.9 Å². The highest BCUT2D eigenvalue weighted by atomic mass is 32.1. The second-order valence-electron chi connectivity index (χ2n) is 5.23. The van der Waals surface area contributed by atoms with E-state index in [9.17, 15) is 4.79 Å². The van der Waals surface area contributed by atoms with Gasteiger partial charge in [-0.2, -0.15) is 0 Å². The Morgan fingerprint density at radius 1 is 1.26 bits per heavy atom. The van der Waals surface area contributed by atoms with Crippen LogP contribution >= 0.6 is 11.3 Å². The van der Waals surface area contributed by atoms with Crippen LogP contribution in [0.3, 0.4) is 0 Å². The third kappa shape index (κ3) is 2.92. The zero-order chi connectivity index (χ0) is 13.2. The zero-order valence-corrected chi connectivity index (χ0v) is 11.9. The molecule has 0 N–H and O–H groups in total. The number of rotatable bonds is 4. The molecule has 1 aromatic heterocycles. The van der Waals surface area contributed by atoms with E-state index in [1.54, 1.807) is 11.3 Å². The van der Waals surface area contributed by atoms with Crippen LogP contribution in [0.15, 0.2) is 23.6 Å². The molecule has 1 aliphatic carbocycles. The summed E-state index contributed by atoms with van der Waals surface area (Å²) in [6, 6.07) is 6.51. The predicted molar refractivity (Wildman–Crippen MR) is 77.7 cm³/mol. The summed E-state index contributed by atoms with van der Waals surface area (Å²) in [5.74, 6) is 0.257. The Morgan fingerprint density at radius 2 is 2.11 bits per heavy atom. The third-order valence-electron chi connectivity index (χ3n) is 3.58. The lowest BCUT2D eigenvalue weighted by Crippen LogP contribution is -2.06. The van der Waals surface area contributed by atoms with E-state index in [2.05, 4.69) is 23.2 Å². The molecule has 1 heterocycles. The van der Waals surface area contributed by atoms with Crippen LogP contribution in [0, 0.1) is 6.92 Å². The number of hydrogen-bond donors (Lipinski definition) is 0. The molecule has 0 amide bonds. The molecule has 0 saturated heterocycles. The molecule has 2 nitrogen and oxygen atoms in total. The molecule has 19 heavy (non-hydrogen) atoms. The van der Waals surface area contributed by atoms with Crippen molar-refractivity contribution < 1.29 is 4.79 Å². The number of Topliss-reactive ketones (excluding diaryl/α,β-unsaturated/α-hetero) is 1. The van der Waals surface area contributed by atoms with E-state index in [0.717, 1.165) is 16.3 Å². The van der Waals surface area contributed by atoms with Crippen molar-refractivity contribution in [1.82, 2.24) is 4.98 Å². The van der Waals surface area contributed by atoms with Crippen molar-refractivity contribution in [3.05, 3.63) is 51.0 Å². The van der Waals surface area contributed by atoms with Crippen molar-refractivity contribution in [2.75, 3.05) is 0 Å². The first-order valence-corrected chi connectivity index (χ1v) is 7.62. The molecule has 0 fully saturated rings. The quantitative estimate of drug-likeness (QED) is 0.854. The topological polar surface area (TPSA) is 30.0 Å². The largest absolute Gasteiger partial charge is 0.299 e. The summed E-state index contributed by atoms with van der Waals surface area (Å²) >= 11 is 1.58. The molecule has 1 aromatic carbocycles. The second kappa shape index (κ2) is 5.25. The average molecular weight is 271 g/mol. The maximum atomic E-state index is 12.1. The maximum Gasteiger partial charge on any atom is 0.144 e. The van der Waals surface area contributed by atoms with E-state index in [1.165, 1.54) is 30.4 Å². The van der Waals surface area contributed by atoms with Crippen molar-refractivity contribution >= 4 is 17.1 Å². The Balaban J connectivity index is 1.66. The second-order valence-corrected chi connectivity index (χ2v) is 6.17. The molecular weight excluding hydrogens is 254 g/mol. The minimum absolute atomic E-state index is 0.257. The zero-order valence-electron chi connectivity index (χ0n) is 11.1. The molecule has 3 rings (SSSR count). The number of nitrogens with zero attached hydrogens (tertiary/aromatic N) is 1. The first-order chi connectivity index (χ1) is 9.20. The Hall–Kier alpha value is -1.48. The van der Waals surface area contributed by atoms with Crippen LogP contribution < -0.4 is 0 Å². The minimum Gasteiger partial charge on any atom is -0.299 e. The highest BCUT2D eigenvalue weighted by Crippen LogP contribution is 2.23. The number of hydrogen-bond acceptors (Lipinski definition) is 3. The molecule has 0 aliphatic heterocycles. The molecule has 0 unspecified atom stereocenters. The number of aromatic nitrogens is 1.